The van der Waals surface area contributed by atoms with Crippen LogP contribution in [0.3, 0.4) is 0 Å². The fourth-order valence-corrected chi connectivity index (χ4v) is 1.94. The van der Waals surface area contributed by atoms with Gasteiger partial charge in [-0.05, 0) is 23.3 Å². The largest absolute Gasteiger partial charge is 0.508 e. The van der Waals surface area contributed by atoms with Gasteiger partial charge in [-0.2, -0.15) is 0 Å². The molecule has 1 aromatic heterocycles. The Labute approximate surface area is 104 Å². The van der Waals surface area contributed by atoms with Crippen LogP contribution in [0.4, 0.5) is 0 Å². The maximum atomic E-state index is 9.33. The number of oxazole rings is 1. The van der Waals surface area contributed by atoms with Gasteiger partial charge in [-0.1, -0.05) is 36.4 Å². The molecule has 0 atom stereocenters. The van der Waals surface area contributed by atoms with E-state index in [1.165, 1.54) is 6.39 Å². The van der Waals surface area contributed by atoms with E-state index >= 15 is 0 Å². The molecule has 3 rings (SSSR count). The van der Waals surface area contributed by atoms with Crippen molar-refractivity contribution < 1.29 is 9.52 Å². The number of rotatable bonds is 2. The van der Waals surface area contributed by atoms with Crippen molar-refractivity contribution in [3.63, 3.8) is 0 Å². The summed E-state index contributed by atoms with van der Waals surface area (Å²) in [6.45, 7) is 0. The molecule has 0 aliphatic carbocycles. The molecule has 3 nitrogen and oxygen atoms in total. The van der Waals surface area contributed by atoms with Gasteiger partial charge in [0.2, 0.25) is 0 Å². The number of aromatic hydroxyl groups is 1. The van der Waals surface area contributed by atoms with E-state index in [9.17, 15) is 5.11 Å². The Morgan fingerprint density at radius 2 is 1.61 bits per heavy atom. The maximum Gasteiger partial charge on any atom is 0.181 e. The minimum absolute atomic E-state index is 0.262. The first kappa shape index (κ1) is 10.6. The molecule has 0 spiro atoms. The third-order valence-electron chi connectivity index (χ3n) is 2.81. The van der Waals surface area contributed by atoms with Crippen LogP contribution in [0, 0.1) is 0 Å². The molecule has 0 saturated carbocycles. The number of phenolic OH excluding ortho intramolecular Hbond substituents is 1. The highest BCUT2D eigenvalue weighted by Gasteiger charge is 2.08. The van der Waals surface area contributed by atoms with Crippen molar-refractivity contribution in [3.8, 4) is 28.1 Å². The molecule has 0 fully saturated rings. The lowest BCUT2D eigenvalue weighted by Crippen LogP contribution is -1.84. The lowest BCUT2D eigenvalue weighted by molar-refractivity contribution is 0.475. The van der Waals surface area contributed by atoms with E-state index in [0.29, 0.717) is 0 Å². The van der Waals surface area contributed by atoms with Gasteiger partial charge in [-0.3, -0.25) is 0 Å². The number of hydrogen-bond donors (Lipinski definition) is 1. The van der Waals surface area contributed by atoms with E-state index < -0.39 is 0 Å². The number of benzene rings is 2. The van der Waals surface area contributed by atoms with Crippen molar-refractivity contribution in [3.05, 3.63) is 61.2 Å². The van der Waals surface area contributed by atoms with Crippen LogP contribution in [0.1, 0.15) is 0 Å². The minimum Gasteiger partial charge on any atom is -0.508 e. The van der Waals surface area contributed by atoms with Crippen LogP contribution in [0.5, 0.6) is 5.75 Å². The van der Waals surface area contributed by atoms with Crippen molar-refractivity contribution in [1.29, 1.82) is 0 Å². The number of hydrogen-bond acceptors (Lipinski definition) is 3. The maximum absolute atomic E-state index is 9.33. The molecule has 0 amide bonds. The zero-order chi connectivity index (χ0) is 12.4. The summed E-state index contributed by atoms with van der Waals surface area (Å²) in [7, 11) is 0. The first-order valence-corrected chi connectivity index (χ1v) is 5.61. The topological polar surface area (TPSA) is 46.3 Å². The molecule has 0 radical (unpaired) electrons. The summed E-state index contributed by atoms with van der Waals surface area (Å²) in [5, 5.41) is 9.33. The van der Waals surface area contributed by atoms with Gasteiger partial charge in [-0.25, -0.2) is 4.98 Å². The highest BCUT2D eigenvalue weighted by molar-refractivity contribution is 5.81. The van der Waals surface area contributed by atoms with Crippen molar-refractivity contribution in [2.45, 2.75) is 0 Å². The third kappa shape index (κ3) is 1.86. The van der Waals surface area contributed by atoms with Gasteiger partial charge < -0.3 is 9.52 Å². The van der Waals surface area contributed by atoms with Crippen LogP contribution in [0.15, 0.2) is 65.6 Å². The van der Waals surface area contributed by atoms with Crippen molar-refractivity contribution in [2.24, 2.45) is 0 Å². The first-order chi connectivity index (χ1) is 8.84. The number of nitrogens with zero attached hydrogens (tertiary/aromatic N) is 1. The SMILES string of the molecule is Oc1ccc(-c2ccccc2-c2cocn2)cc1. The number of aromatic nitrogens is 1. The van der Waals surface area contributed by atoms with Gasteiger partial charge in [0.1, 0.15) is 17.7 Å². The molecule has 18 heavy (non-hydrogen) atoms. The summed E-state index contributed by atoms with van der Waals surface area (Å²) >= 11 is 0. The molecular formula is C15H11NO2. The summed E-state index contributed by atoms with van der Waals surface area (Å²) in [6, 6.07) is 15.1. The average Bonchev–Trinajstić information content (AvgIpc) is 2.93. The molecular weight excluding hydrogens is 226 g/mol. The average molecular weight is 237 g/mol. The molecule has 0 unspecified atom stereocenters. The first-order valence-electron chi connectivity index (χ1n) is 5.61. The Morgan fingerprint density at radius 1 is 0.889 bits per heavy atom. The van der Waals surface area contributed by atoms with Crippen molar-refractivity contribution >= 4 is 0 Å². The van der Waals surface area contributed by atoms with Gasteiger partial charge in [0.15, 0.2) is 6.39 Å². The Kier molecular flexibility index (Phi) is 2.57. The monoisotopic (exact) mass is 237 g/mol. The van der Waals surface area contributed by atoms with E-state index in [1.54, 1.807) is 18.4 Å². The van der Waals surface area contributed by atoms with E-state index in [0.717, 1.165) is 22.4 Å². The van der Waals surface area contributed by atoms with Gasteiger partial charge in [0.05, 0.1) is 0 Å². The molecule has 3 heteroatoms. The molecule has 0 saturated heterocycles. The molecule has 0 aliphatic rings. The fraction of sp³-hybridized carbons (Fsp3) is 0. The number of phenols is 1. The second-order valence-electron chi connectivity index (χ2n) is 3.97. The Balaban J connectivity index is 2.15. The molecule has 3 aromatic rings. The molecule has 0 aliphatic heterocycles. The fourth-order valence-electron chi connectivity index (χ4n) is 1.94. The Hall–Kier alpha value is -2.55. The predicted octanol–water partition coefficient (Wildman–Crippen LogP) is 3.71. The Morgan fingerprint density at radius 3 is 2.28 bits per heavy atom. The van der Waals surface area contributed by atoms with Gasteiger partial charge >= 0.3 is 0 Å². The normalized spacial score (nSPS) is 10.4. The van der Waals surface area contributed by atoms with Gasteiger partial charge in [-0.15, -0.1) is 0 Å². The minimum atomic E-state index is 0.262. The highest BCUT2D eigenvalue weighted by atomic mass is 16.3. The second kappa shape index (κ2) is 4.37. The van der Waals surface area contributed by atoms with E-state index in [1.807, 2.05) is 36.4 Å². The van der Waals surface area contributed by atoms with Crippen molar-refractivity contribution in [2.75, 3.05) is 0 Å². The van der Waals surface area contributed by atoms with Crippen molar-refractivity contribution in [1.82, 2.24) is 4.98 Å². The highest BCUT2D eigenvalue weighted by Crippen LogP contribution is 2.31. The van der Waals surface area contributed by atoms with E-state index in [2.05, 4.69) is 4.98 Å². The summed E-state index contributed by atoms with van der Waals surface area (Å²) < 4.78 is 5.03. The van der Waals surface area contributed by atoms with Gasteiger partial charge in [0.25, 0.3) is 0 Å². The molecule has 1 N–H and O–H groups in total. The second-order valence-corrected chi connectivity index (χ2v) is 3.97. The van der Waals surface area contributed by atoms with E-state index in [4.69, 9.17) is 4.42 Å². The standard InChI is InChI=1S/C15H11NO2/c17-12-7-5-11(6-8-12)13-3-1-2-4-14(13)15-9-18-10-16-15/h1-10,17H. The Bertz CT molecular complexity index is 643. The smallest absolute Gasteiger partial charge is 0.181 e. The van der Waals surface area contributed by atoms with Gasteiger partial charge in [0, 0.05) is 5.56 Å². The van der Waals surface area contributed by atoms with E-state index in [-0.39, 0.29) is 5.75 Å². The zero-order valence-corrected chi connectivity index (χ0v) is 9.58. The molecule has 88 valence electrons. The lowest BCUT2D eigenvalue weighted by Gasteiger charge is -2.07. The molecule has 2 aromatic carbocycles. The van der Waals surface area contributed by atoms with Crippen LogP contribution in [-0.2, 0) is 0 Å². The van der Waals surface area contributed by atoms with Crippen LogP contribution in [0.2, 0.25) is 0 Å². The summed E-state index contributed by atoms with van der Waals surface area (Å²) in [4.78, 5) is 4.17. The third-order valence-corrected chi connectivity index (χ3v) is 2.81. The summed E-state index contributed by atoms with van der Waals surface area (Å²) in [5.74, 6) is 0.262. The van der Waals surface area contributed by atoms with Crippen LogP contribution in [0.25, 0.3) is 22.4 Å². The predicted molar refractivity (Wildman–Crippen MR) is 69.0 cm³/mol. The molecule has 1 heterocycles. The quantitative estimate of drug-likeness (QED) is 0.739. The molecule has 0 bridgehead atoms. The lowest BCUT2D eigenvalue weighted by atomic mass is 9.98. The summed E-state index contributed by atoms with van der Waals surface area (Å²) in [6.07, 6.45) is 3.04. The zero-order valence-electron chi connectivity index (χ0n) is 9.58. The van der Waals surface area contributed by atoms with Crippen LogP contribution in [-0.4, -0.2) is 10.1 Å². The van der Waals surface area contributed by atoms with Crippen LogP contribution < -0.4 is 0 Å². The van der Waals surface area contributed by atoms with Crippen LogP contribution >= 0.6 is 0 Å². The summed E-state index contributed by atoms with van der Waals surface area (Å²) in [5.41, 5.74) is 3.91.